The molecule has 1 aromatic heterocycles. The van der Waals surface area contributed by atoms with Crippen molar-refractivity contribution in [1.82, 2.24) is 10.2 Å². The minimum absolute atomic E-state index is 0.0483. The number of rotatable bonds is 8. The van der Waals surface area contributed by atoms with Gasteiger partial charge in [-0.05, 0) is 18.2 Å². The summed E-state index contributed by atoms with van der Waals surface area (Å²) < 4.78 is 21.4. The van der Waals surface area contributed by atoms with Crippen LogP contribution in [0.25, 0.3) is 11.5 Å². The monoisotopic (exact) mass is 469 g/mol. The molecule has 11 heteroatoms. The lowest BCUT2D eigenvalue weighted by molar-refractivity contribution is -0.113. The third-order valence-electron chi connectivity index (χ3n) is 3.84. The number of carbonyl (C=O) groups excluding carboxylic acids is 1. The smallest absolute Gasteiger partial charge is 0.277 e. The number of carbonyl (C=O) groups is 1. The molecule has 0 bridgehead atoms. The predicted molar refractivity (Wildman–Crippen MR) is 115 cm³/mol. The average Bonchev–Trinajstić information content (AvgIpc) is 3.20. The van der Waals surface area contributed by atoms with Gasteiger partial charge in [0.1, 0.15) is 0 Å². The number of hydrogen-bond donors (Lipinski definition) is 1. The fourth-order valence-electron chi connectivity index (χ4n) is 2.52. The van der Waals surface area contributed by atoms with Crippen LogP contribution in [0.1, 0.15) is 0 Å². The number of anilines is 1. The number of thioether (sulfide) groups is 1. The largest absolute Gasteiger partial charge is 0.493 e. The van der Waals surface area contributed by atoms with Gasteiger partial charge in [0, 0.05) is 22.8 Å². The number of methoxy groups -OCH3 is 3. The van der Waals surface area contributed by atoms with Crippen LogP contribution in [-0.4, -0.2) is 43.2 Å². The van der Waals surface area contributed by atoms with Crippen LogP contribution in [0.3, 0.4) is 0 Å². The zero-order chi connectivity index (χ0) is 21.7. The Morgan fingerprint density at radius 1 is 1.07 bits per heavy atom. The van der Waals surface area contributed by atoms with E-state index in [2.05, 4.69) is 15.5 Å². The highest BCUT2D eigenvalue weighted by Gasteiger charge is 2.16. The first kappa shape index (κ1) is 22.1. The Hall–Kier alpha value is -2.62. The van der Waals surface area contributed by atoms with Gasteiger partial charge in [-0.2, -0.15) is 0 Å². The van der Waals surface area contributed by atoms with Gasteiger partial charge in [0.15, 0.2) is 11.5 Å². The molecule has 0 radical (unpaired) electrons. The van der Waals surface area contributed by atoms with Gasteiger partial charge in [-0.15, -0.1) is 10.2 Å². The molecule has 0 atom stereocenters. The summed E-state index contributed by atoms with van der Waals surface area (Å²) in [5.74, 6) is 1.31. The second-order valence-corrected chi connectivity index (χ2v) is 7.52. The van der Waals surface area contributed by atoms with E-state index < -0.39 is 0 Å². The minimum Gasteiger partial charge on any atom is -0.493 e. The zero-order valence-electron chi connectivity index (χ0n) is 16.2. The first-order valence-corrected chi connectivity index (χ1v) is 10.2. The van der Waals surface area contributed by atoms with E-state index in [0.29, 0.717) is 38.5 Å². The van der Waals surface area contributed by atoms with Crippen LogP contribution in [0.4, 0.5) is 5.69 Å². The molecule has 1 amide bonds. The van der Waals surface area contributed by atoms with E-state index in [1.54, 1.807) is 30.3 Å². The van der Waals surface area contributed by atoms with Crippen molar-refractivity contribution in [3.63, 3.8) is 0 Å². The lowest BCUT2D eigenvalue weighted by Crippen LogP contribution is -2.14. The Morgan fingerprint density at radius 3 is 2.37 bits per heavy atom. The number of hydrogen-bond acceptors (Lipinski definition) is 8. The van der Waals surface area contributed by atoms with Gasteiger partial charge in [0.25, 0.3) is 5.22 Å². The number of nitrogens with one attached hydrogen (secondary N) is 1. The van der Waals surface area contributed by atoms with Gasteiger partial charge in [0.2, 0.25) is 17.5 Å². The number of halogens is 2. The second-order valence-electron chi connectivity index (χ2n) is 5.75. The maximum Gasteiger partial charge on any atom is 0.277 e. The Labute approximate surface area is 186 Å². The van der Waals surface area contributed by atoms with E-state index in [-0.39, 0.29) is 22.8 Å². The average molecular weight is 470 g/mol. The van der Waals surface area contributed by atoms with Crippen LogP contribution in [0.15, 0.2) is 40.0 Å². The molecule has 0 saturated heterocycles. The molecular weight excluding hydrogens is 453 g/mol. The zero-order valence-corrected chi connectivity index (χ0v) is 18.5. The third-order valence-corrected chi connectivity index (χ3v) is 5.21. The van der Waals surface area contributed by atoms with Gasteiger partial charge in [0.05, 0.1) is 37.7 Å². The minimum atomic E-state index is -0.279. The Morgan fingerprint density at radius 2 is 1.77 bits per heavy atom. The summed E-state index contributed by atoms with van der Waals surface area (Å²) in [6.45, 7) is 0. The van der Waals surface area contributed by atoms with Crippen molar-refractivity contribution in [3.05, 3.63) is 40.4 Å². The van der Waals surface area contributed by atoms with Crippen molar-refractivity contribution in [3.8, 4) is 28.7 Å². The van der Waals surface area contributed by atoms with E-state index in [9.17, 15) is 4.79 Å². The number of nitrogens with zero attached hydrogens (tertiary/aromatic N) is 2. The van der Waals surface area contributed by atoms with Gasteiger partial charge in [-0.1, -0.05) is 35.0 Å². The van der Waals surface area contributed by atoms with Crippen molar-refractivity contribution in [2.75, 3.05) is 32.4 Å². The molecule has 0 aliphatic rings. The summed E-state index contributed by atoms with van der Waals surface area (Å²) in [6, 6.07) is 8.21. The maximum atomic E-state index is 12.3. The lowest BCUT2D eigenvalue weighted by Gasteiger charge is -2.14. The molecule has 1 N–H and O–H groups in total. The number of benzene rings is 2. The lowest BCUT2D eigenvalue weighted by atomic mass is 10.2. The van der Waals surface area contributed by atoms with E-state index in [1.165, 1.54) is 21.3 Å². The van der Waals surface area contributed by atoms with Crippen LogP contribution in [0, 0.1) is 0 Å². The Kier molecular flexibility index (Phi) is 7.30. The van der Waals surface area contributed by atoms with Crippen molar-refractivity contribution in [1.29, 1.82) is 0 Å². The predicted octanol–water partition coefficient (Wildman–Crippen LogP) is 4.80. The van der Waals surface area contributed by atoms with Crippen LogP contribution < -0.4 is 19.5 Å². The molecule has 1 heterocycles. The van der Waals surface area contributed by atoms with Crippen molar-refractivity contribution >= 4 is 46.6 Å². The first-order chi connectivity index (χ1) is 14.4. The number of aromatic nitrogens is 2. The van der Waals surface area contributed by atoms with Crippen molar-refractivity contribution in [2.45, 2.75) is 5.22 Å². The summed E-state index contributed by atoms with van der Waals surface area (Å²) in [5.41, 5.74) is 1.05. The fraction of sp³-hybridized carbons (Fsp3) is 0.211. The molecule has 0 spiro atoms. The van der Waals surface area contributed by atoms with Crippen molar-refractivity contribution in [2.24, 2.45) is 0 Å². The summed E-state index contributed by atoms with van der Waals surface area (Å²) >= 11 is 13.1. The summed E-state index contributed by atoms with van der Waals surface area (Å²) in [5, 5.41) is 11.8. The topological polar surface area (TPSA) is 95.7 Å². The summed E-state index contributed by atoms with van der Waals surface area (Å²) in [7, 11) is 4.50. The van der Waals surface area contributed by atoms with Crippen molar-refractivity contribution < 1.29 is 23.4 Å². The van der Waals surface area contributed by atoms with Crippen LogP contribution in [0.5, 0.6) is 17.2 Å². The molecule has 0 aliphatic carbocycles. The fourth-order valence-corrected chi connectivity index (χ4v) is 3.57. The first-order valence-electron chi connectivity index (χ1n) is 8.46. The molecule has 158 valence electrons. The number of amides is 1. The molecule has 0 saturated carbocycles. The highest BCUT2D eigenvalue weighted by Crippen LogP contribution is 2.40. The standard InChI is InChI=1S/C19H17Cl2N3O5S/c1-26-14-7-11(8-15(27-2)17(14)28-3)22-16(25)9-30-19-24-23-18(29-19)12-5-4-10(20)6-13(12)21/h4-8H,9H2,1-3H3,(H,22,25). The van der Waals surface area contributed by atoms with Gasteiger partial charge < -0.3 is 23.9 Å². The highest BCUT2D eigenvalue weighted by molar-refractivity contribution is 7.99. The molecule has 0 unspecified atom stereocenters. The quantitative estimate of drug-likeness (QED) is 0.469. The van der Waals surface area contributed by atoms with Gasteiger partial charge >= 0.3 is 0 Å². The molecule has 2 aromatic carbocycles. The van der Waals surface area contributed by atoms with E-state index in [0.717, 1.165) is 11.8 Å². The molecule has 3 rings (SSSR count). The molecule has 8 nitrogen and oxygen atoms in total. The SMILES string of the molecule is COc1cc(NC(=O)CSc2nnc(-c3ccc(Cl)cc3Cl)o2)cc(OC)c1OC. The highest BCUT2D eigenvalue weighted by atomic mass is 35.5. The summed E-state index contributed by atoms with van der Waals surface area (Å²) in [4.78, 5) is 12.3. The van der Waals surface area contributed by atoms with Gasteiger partial charge in [-0.25, -0.2) is 0 Å². The third kappa shape index (κ3) is 5.10. The molecular formula is C19H17Cl2N3O5S. The van der Waals surface area contributed by atoms with E-state index >= 15 is 0 Å². The van der Waals surface area contributed by atoms with Crippen LogP contribution >= 0.6 is 35.0 Å². The number of ether oxygens (including phenoxy) is 3. The Balaban J connectivity index is 1.65. The Bertz CT molecular complexity index is 1040. The van der Waals surface area contributed by atoms with E-state index in [4.69, 9.17) is 41.8 Å². The molecule has 0 fully saturated rings. The van der Waals surface area contributed by atoms with E-state index in [1.807, 2.05) is 0 Å². The summed E-state index contributed by atoms with van der Waals surface area (Å²) in [6.07, 6.45) is 0. The van der Waals surface area contributed by atoms with Crippen LogP contribution in [0.2, 0.25) is 10.0 Å². The van der Waals surface area contributed by atoms with Crippen LogP contribution in [-0.2, 0) is 4.79 Å². The molecule has 30 heavy (non-hydrogen) atoms. The normalized spacial score (nSPS) is 10.6. The van der Waals surface area contributed by atoms with Gasteiger partial charge in [-0.3, -0.25) is 4.79 Å². The second kappa shape index (κ2) is 9.92. The molecule has 3 aromatic rings. The molecule has 0 aliphatic heterocycles. The maximum absolute atomic E-state index is 12.3.